The number of hydrogen-bond donors (Lipinski definition) is 2. The van der Waals surface area contributed by atoms with E-state index in [2.05, 4.69) is 52.8 Å². The van der Waals surface area contributed by atoms with Crippen LogP contribution in [0.5, 0.6) is 0 Å². The molecule has 0 radical (unpaired) electrons. The monoisotopic (exact) mass is 356 g/mol. The Morgan fingerprint density at radius 1 is 1.20 bits per heavy atom. The van der Waals surface area contributed by atoms with E-state index in [1.165, 1.54) is 5.57 Å². The van der Waals surface area contributed by atoms with Crippen LogP contribution in [-0.4, -0.2) is 50.2 Å². The van der Waals surface area contributed by atoms with Gasteiger partial charge in [0.15, 0.2) is 0 Å². The van der Waals surface area contributed by atoms with E-state index in [1.807, 2.05) is 30.5 Å². The van der Waals surface area contributed by atoms with Gasteiger partial charge in [0.2, 0.25) is 0 Å². The molecule has 1 heterocycles. The molecule has 0 fully saturated rings. The molecular weight excluding hydrogens is 332 g/mol. The zero-order chi connectivity index (χ0) is 17.6. The predicted molar refractivity (Wildman–Crippen MR) is 107 cm³/mol. The molecule has 0 bridgehead atoms. The van der Waals surface area contributed by atoms with Crippen molar-refractivity contribution >= 4 is 28.2 Å². The summed E-state index contributed by atoms with van der Waals surface area (Å²) >= 11 is 6.03. The first-order valence-electron chi connectivity index (χ1n) is 8.64. The summed E-state index contributed by atoms with van der Waals surface area (Å²) in [6, 6.07) is 7.82. The third-order valence-corrected chi connectivity index (χ3v) is 4.42. The summed E-state index contributed by atoms with van der Waals surface area (Å²) in [5.74, 6) is 0.499. The number of likely N-dealkylation sites (N-methyl/N-ethyl adjacent to an activating group) is 1. The number of rotatable bonds is 8. The summed E-state index contributed by atoms with van der Waals surface area (Å²) < 4.78 is 0. The maximum atomic E-state index is 6.03. The van der Waals surface area contributed by atoms with E-state index in [9.17, 15) is 0 Å². The van der Waals surface area contributed by atoms with Crippen LogP contribution in [0, 0.1) is 5.92 Å². The van der Waals surface area contributed by atoms with Gasteiger partial charge in [-0.05, 0) is 43.9 Å². The van der Waals surface area contributed by atoms with Gasteiger partial charge in [0, 0.05) is 54.4 Å². The SMILES string of the molecule is CN(C)CC1=CC(CNCCNc2ccnc3cc(Cl)ccc23)C=C1. The summed E-state index contributed by atoms with van der Waals surface area (Å²) in [7, 11) is 4.20. The molecule has 1 aromatic heterocycles. The highest BCUT2D eigenvalue weighted by atomic mass is 35.5. The fourth-order valence-corrected chi connectivity index (χ4v) is 3.23. The number of nitrogens with one attached hydrogen (secondary N) is 2. The van der Waals surface area contributed by atoms with Crippen molar-refractivity contribution in [3.63, 3.8) is 0 Å². The maximum absolute atomic E-state index is 6.03. The molecular formula is C20H25ClN4. The van der Waals surface area contributed by atoms with E-state index in [0.717, 1.165) is 42.8 Å². The third-order valence-electron chi connectivity index (χ3n) is 4.19. The Balaban J connectivity index is 1.44. The second-order valence-electron chi connectivity index (χ2n) is 6.65. The second kappa shape index (κ2) is 8.48. The van der Waals surface area contributed by atoms with Crippen molar-refractivity contribution in [1.82, 2.24) is 15.2 Å². The van der Waals surface area contributed by atoms with Gasteiger partial charge in [0.25, 0.3) is 0 Å². The van der Waals surface area contributed by atoms with E-state index in [4.69, 9.17) is 11.6 Å². The molecule has 0 saturated heterocycles. The minimum absolute atomic E-state index is 0.499. The molecule has 2 aromatic rings. The molecule has 25 heavy (non-hydrogen) atoms. The highest BCUT2D eigenvalue weighted by Crippen LogP contribution is 2.24. The van der Waals surface area contributed by atoms with Crippen molar-refractivity contribution < 1.29 is 0 Å². The Kier molecular flexibility index (Phi) is 6.08. The summed E-state index contributed by atoms with van der Waals surface area (Å²) in [6.07, 6.45) is 8.67. The van der Waals surface area contributed by atoms with Crippen LogP contribution in [-0.2, 0) is 0 Å². The summed E-state index contributed by atoms with van der Waals surface area (Å²) in [5, 5.41) is 8.81. The zero-order valence-corrected chi connectivity index (χ0v) is 15.6. The topological polar surface area (TPSA) is 40.2 Å². The molecule has 0 aliphatic heterocycles. The van der Waals surface area contributed by atoms with Crippen LogP contribution < -0.4 is 10.6 Å². The van der Waals surface area contributed by atoms with Crippen molar-refractivity contribution in [1.29, 1.82) is 0 Å². The standard InChI is InChI=1S/C20H25ClN4/c1-25(2)14-16-4-3-15(11-16)13-22-9-10-24-19-7-8-23-20-12-17(21)5-6-18(19)20/h3-8,11-12,15,22H,9-10,13-14H2,1-2H3,(H,23,24). The molecule has 2 N–H and O–H groups in total. The van der Waals surface area contributed by atoms with E-state index >= 15 is 0 Å². The fraction of sp³-hybridized carbons (Fsp3) is 0.350. The van der Waals surface area contributed by atoms with Gasteiger partial charge in [-0.25, -0.2) is 0 Å². The van der Waals surface area contributed by atoms with Gasteiger partial charge < -0.3 is 15.5 Å². The minimum atomic E-state index is 0.499. The molecule has 132 valence electrons. The van der Waals surface area contributed by atoms with Gasteiger partial charge in [-0.15, -0.1) is 0 Å². The number of fused-ring (bicyclic) bond motifs is 1. The zero-order valence-electron chi connectivity index (χ0n) is 14.8. The Hall–Kier alpha value is -1.88. The van der Waals surface area contributed by atoms with E-state index in [1.54, 1.807) is 0 Å². The molecule has 5 heteroatoms. The van der Waals surface area contributed by atoms with E-state index < -0.39 is 0 Å². The van der Waals surface area contributed by atoms with E-state index in [0.29, 0.717) is 10.9 Å². The number of benzene rings is 1. The Morgan fingerprint density at radius 3 is 2.92 bits per heavy atom. The summed E-state index contributed by atoms with van der Waals surface area (Å²) in [5.41, 5.74) is 3.41. The second-order valence-corrected chi connectivity index (χ2v) is 7.09. The molecule has 1 aromatic carbocycles. The first-order chi connectivity index (χ1) is 12.1. The average Bonchev–Trinajstić information content (AvgIpc) is 3.01. The van der Waals surface area contributed by atoms with Crippen LogP contribution in [0.1, 0.15) is 0 Å². The van der Waals surface area contributed by atoms with Crippen LogP contribution in [0.3, 0.4) is 0 Å². The molecule has 3 rings (SSSR count). The molecule has 0 spiro atoms. The molecule has 1 aliphatic rings. The average molecular weight is 357 g/mol. The summed E-state index contributed by atoms with van der Waals surface area (Å²) in [6.45, 7) is 3.76. The maximum Gasteiger partial charge on any atom is 0.0737 e. The Bertz CT molecular complexity index is 782. The highest BCUT2D eigenvalue weighted by Gasteiger charge is 2.09. The van der Waals surface area contributed by atoms with Crippen molar-refractivity contribution in [2.45, 2.75) is 0 Å². The van der Waals surface area contributed by atoms with Crippen LogP contribution in [0.15, 0.2) is 54.3 Å². The Labute approximate surface area is 154 Å². The normalized spacial score (nSPS) is 16.6. The number of halogens is 1. The van der Waals surface area contributed by atoms with E-state index in [-0.39, 0.29) is 0 Å². The molecule has 0 saturated carbocycles. The van der Waals surface area contributed by atoms with Crippen molar-refractivity contribution in [3.8, 4) is 0 Å². The Morgan fingerprint density at radius 2 is 2.08 bits per heavy atom. The smallest absolute Gasteiger partial charge is 0.0737 e. The van der Waals surface area contributed by atoms with Gasteiger partial charge in [-0.1, -0.05) is 29.8 Å². The van der Waals surface area contributed by atoms with Crippen molar-refractivity contribution in [2.24, 2.45) is 5.92 Å². The van der Waals surface area contributed by atoms with Crippen molar-refractivity contribution in [3.05, 3.63) is 59.3 Å². The van der Waals surface area contributed by atoms with Gasteiger partial charge in [-0.3, -0.25) is 4.98 Å². The minimum Gasteiger partial charge on any atom is -0.383 e. The van der Waals surface area contributed by atoms with Gasteiger partial charge >= 0.3 is 0 Å². The largest absolute Gasteiger partial charge is 0.383 e. The highest BCUT2D eigenvalue weighted by molar-refractivity contribution is 6.31. The number of aromatic nitrogens is 1. The molecule has 1 unspecified atom stereocenters. The van der Waals surface area contributed by atoms with Gasteiger partial charge in [0.1, 0.15) is 0 Å². The number of hydrogen-bond acceptors (Lipinski definition) is 4. The lowest BCUT2D eigenvalue weighted by molar-refractivity contribution is 0.448. The molecule has 4 nitrogen and oxygen atoms in total. The molecule has 0 amide bonds. The third kappa shape index (κ3) is 5.05. The first-order valence-corrected chi connectivity index (χ1v) is 9.02. The lowest BCUT2D eigenvalue weighted by atomic mass is 10.1. The van der Waals surface area contributed by atoms with Gasteiger partial charge in [0.05, 0.1) is 5.52 Å². The lowest BCUT2D eigenvalue weighted by Crippen LogP contribution is -2.26. The van der Waals surface area contributed by atoms with Crippen LogP contribution in [0.25, 0.3) is 10.9 Å². The van der Waals surface area contributed by atoms with Crippen LogP contribution >= 0.6 is 11.6 Å². The number of pyridine rings is 1. The number of nitrogens with zero attached hydrogens (tertiary/aromatic N) is 2. The number of anilines is 1. The van der Waals surface area contributed by atoms with Crippen LogP contribution in [0.4, 0.5) is 5.69 Å². The quantitative estimate of drug-likeness (QED) is 0.709. The fourth-order valence-electron chi connectivity index (χ4n) is 3.06. The summed E-state index contributed by atoms with van der Waals surface area (Å²) in [4.78, 5) is 6.57. The molecule has 1 atom stereocenters. The lowest BCUT2D eigenvalue weighted by Gasteiger charge is -2.12. The first kappa shape index (κ1) is 17.9. The predicted octanol–water partition coefficient (Wildman–Crippen LogP) is 3.56. The van der Waals surface area contributed by atoms with Gasteiger partial charge in [-0.2, -0.15) is 0 Å². The molecule has 1 aliphatic carbocycles. The van der Waals surface area contributed by atoms with Crippen LogP contribution in [0.2, 0.25) is 5.02 Å². The van der Waals surface area contributed by atoms with Crippen molar-refractivity contribution in [2.75, 3.05) is 45.6 Å².